The molecular formula is C24H23N5O3S2. The van der Waals surface area contributed by atoms with E-state index < -0.39 is 0 Å². The molecule has 10 heteroatoms. The summed E-state index contributed by atoms with van der Waals surface area (Å²) in [5.41, 5.74) is 3.96. The fourth-order valence-electron chi connectivity index (χ4n) is 4.27. The highest BCUT2D eigenvalue weighted by atomic mass is 32.2. The third-order valence-corrected chi connectivity index (χ3v) is 7.70. The van der Waals surface area contributed by atoms with Crippen LogP contribution in [0.3, 0.4) is 0 Å². The van der Waals surface area contributed by atoms with Gasteiger partial charge in [-0.2, -0.15) is 0 Å². The second-order valence-electron chi connectivity index (χ2n) is 7.80. The minimum Gasteiger partial charge on any atom is -0.462 e. The summed E-state index contributed by atoms with van der Waals surface area (Å²) in [6.07, 6.45) is 4.60. The first kappa shape index (κ1) is 22.5. The van der Waals surface area contributed by atoms with Gasteiger partial charge in [0.2, 0.25) is 11.1 Å². The van der Waals surface area contributed by atoms with Crippen LogP contribution in [-0.4, -0.2) is 44.0 Å². The van der Waals surface area contributed by atoms with Crippen molar-refractivity contribution in [1.82, 2.24) is 19.7 Å². The van der Waals surface area contributed by atoms with E-state index in [9.17, 15) is 9.59 Å². The van der Waals surface area contributed by atoms with E-state index in [0.717, 1.165) is 46.1 Å². The van der Waals surface area contributed by atoms with Gasteiger partial charge in [-0.1, -0.05) is 36.0 Å². The highest BCUT2D eigenvalue weighted by Crippen LogP contribution is 2.39. The molecule has 0 saturated heterocycles. The number of hydrogen-bond acceptors (Lipinski definition) is 8. The lowest BCUT2D eigenvalue weighted by atomic mass is 10.1. The Morgan fingerprint density at radius 1 is 1.29 bits per heavy atom. The zero-order chi connectivity index (χ0) is 23.7. The number of nitrogens with zero attached hydrogens (tertiary/aromatic N) is 4. The molecule has 0 saturated carbocycles. The lowest BCUT2D eigenvalue weighted by Gasteiger charge is -2.08. The summed E-state index contributed by atoms with van der Waals surface area (Å²) < 4.78 is 7.27. The third-order valence-electron chi connectivity index (χ3n) is 5.65. The molecule has 1 N–H and O–H groups in total. The van der Waals surface area contributed by atoms with Gasteiger partial charge in [-0.25, -0.2) is 9.78 Å². The van der Waals surface area contributed by atoms with Crippen molar-refractivity contribution in [3.8, 4) is 0 Å². The summed E-state index contributed by atoms with van der Waals surface area (Å²) in [4.78, 5) is 31.1. The molecule has 8 nitrogen and oxygen atoms in total. The second-order valence-corrected chi connectivity index (χ2v) is 9.85. The maximum absolute atomic E-state index is 12.7. The number of carbonyl (C=O) groups excluding carboxylic acids is 2. The number of thiophene rings is 1. The smallest absolute Gasteiger partial charge is 0.341 e. The van der Waals surface area contributed by atoms with Crippen molar-refractivity contribution in [3.05, 3.63) is 52.9 Å². The molecule has 1 aromatic carbocycles. The SMILES string of the molecule is C=CCn1c2ccccc2c2nnc(SCC(=O)Nc3sc4c(c3C(=O)OCC)CCC4)nc21. The topological polar surface area (TPSA) is 99.0 Å². The summed E-state index contributed by atoms with van der Waals surface area (Å²) in [7, 11) is 0. The number of anilines is 1. The molecule has 1 amide bonds. The average Bonchev–Trinajstić information content (AvgIpc) is 3.50. The van der Waals surface area contributed by atoms with Crippen LogP contribution in [0.4, 0.5) is 5.00 Å². The number of fused-ring (bicyclic) bond motifs is 4. The van der Waals surface area contributed by atoms with E-state index in [1.807, 2.05) is 34.9 Å². The summed E-state index contributed by atoms with van der Waals surface area (Å²) in [6, 6.07) is 7.94. The van der Waals surface area contributed by atoms with Crippen molar-refractivity contribution >= 4 is 62.0 Å². The molecule has 0 unspecified atom stereocenters. The number of rotatable bonds is 8. The van der Waals surface area contributed by atoms with Gasteiger partial charge in [-0.05, 0) is 37.8 Å². The molecular weight excluding hydrogens is 470 g/mol. The van der Waals surface area contributed by atoms with Gasteiger partial charge >= 0.3 is 5.97 Å². The number of aryl methyl sites for hydroxylation is 1. The van der Waals surface area contributed by atoms with Crippen LogP contribution in [0.25, 0.3) is 22.1 Å². The predicted octanol–water partition coefficient (Wildman–Crippen LogP) is 4.62. The lowest BCUT2D eigenvalue weighted by molar-refractivity contribution is -0.113. The van der Waals surface area contributed by atoms with Crippen molar-refractivity contribution in [1.29, 1.82) is 0 Å². The number of esters is 1. The van der Waals surface area contributed by atoms with Crippen LogP contribution in [0.1, 0.15) is 34.1 Å². The van der Waals surface area contributed by atoms with Crippen LogP contribution in [-0.2, 0) is 28.9 Å². The Hall–Kier alpha value is -3.24. The quantitative estimate of drug-likeness (QED) is 0.217. The molecule has 34 heavy (non-hydrogen) atoms. The molecule has 0 spiro atoms. The third kappa shape index (κ3) is 4.07. The van der Waals surface area contributed by atoms with Crippen molar-refractivity contribution in [2.45, 2.75) is 37.9 Å². The molecule has 1 aliphatic carbocycles. The maximum atomic E-state index is 12.7. The first-order valence-corrected chi connectivity index (χ1v) is 12.9. The Bertz CT molecular complexity index is 1430. The number of benzene rings is 1. The molecule has 3 aromatic heterocycles. The van der Waals surface area contributed by atoms with E-state index in [1.54, 1.807) is 6.92 Å². The number of para-hydroxylation sites is 1. The van der Waals surface area contributed by atoms with E-state index in [0.29, 0.717) is 34.5 Å². The number of hydrogen-bond donors (Lipinski definition) is 1. The summed E-state index contributed by atoms with van der Waals surface area (Å²) in [6.45, 7) is 6.51. The Morgan fingerprint density at radius 3 is 2.97 bits per heavy atom. The van der Waals surface area contributed by atoms with Crippen molar-refractivity contribution in [2.24, 2.45) is 0 Å². The van der Waals surface area contributed by atoms with Crippen LogP contribution in [0.5, 0.6) is 0 Å². The highest BCUT2D eigenvalue weighted by molar-refractivity contribution is 7.99. The standard InChI is InChI=1S/C24H23N5O3S2/c1-3-12-29-16-10-6-5-8-14(16)20-21(29)26-24(28-27-20)33-13-18(30)25-22-19(23(31)32-4-2)15-9-7-11-17(15)34-22/h3,5-6,8,10H,1,4,7,9,11-13H2,2H3,(H,25,30). The van der Waals surface area contributed by atoms with Gasteiger partial charge in [0.05, 0.1) is 23.4 Å². The van der Waals surface area contributed by atoms with Crippen LogP contribution in [0.15, 0.2) is 42.1 Å². The largest absolute Gasteiger partial charge is 0.462 e. The van der Waals surface area contributed by atoms with E-state index in [4.69, 9.17) is 4.74 Å². The predicted molar refractivity (Wildman–Crippen MR) is 135 cm³/mol. The molecule has 174 valence electrons. The molecule has 0 radical (unpaired) electrons. The van der Waals surface area contributed by atoms with Gasteiger partial charge in [-0.15, -0.1) is 28.1 Å². The first-order valence-electron chi connectivity index (χ1n) is 11.1. The first-order chi connectivity index (χ1) is 16.6. The monoisotopic (exact) mass is 493 g/mol. The number of ether oxygens (including phenoxy) is 1. The van der Waals surface area contributed by atoms with E-state index in [-0.39, 0.29) is 17.6 Å². The minimum atomic E-state index is -0.377. The maximum Gasteiger partial charge on any atom is 0.341 e. The normalized spacial score (nSPS) is 12.7. The molecule has 3 heterocycles. The number of nitrogens with one attached hydrogen (secondary N) is 1. The number of carbonyl (C=O) groups is 2. The number of amides is 1. The van der Waals surface area contributed by atoms with E-state index >= 15 is 0 Å². The molecule has 0 bridgehead atoms. The Balaban J connectivity index is 1.35. The van der Waals surface area contributed by atoms with Crippen LogP contribution in [0.2, 0.25) is 0 Å². The molecule has 0 aliphatic heterocycles. The highest BCUT2D eigenvalue weighted by Gasteiger charge is 2.28. The summed E-state index contributed by atoms with van der Waals surface area (Å²) in [5.74, 6) is -0.511. The van der Waals surface area contributed by atoms with Crippen LogP contribution < -0.4 is 5.32 Å². The van der Waals surface area contributed by atoms with Crippen LogP contribution in [0, 0.1) is 0 Å². The Kier molecular flexibility index (Phi) is 6.34. The van der Waals surface area contributed by atoms with E-state index in [1.165, 1.54) is 23.1 Å². The molecule has 0 fully saturated rings. The van der Waals surface area contributed by atoms with Crippen LogP contribution >= 0.6 is 23.1 Å². The lowest BCUT2D eigenvalue weighted by Crippen LogP contribution is -2.17. The van der Waals surface area contributed by atoms with Gasteiger partial charge in [0.25, 0.3) is 0 Å². The number of aromatic nitrogens is 4. The summed E-state index contributed by atoms with van der Waals surface area (Å²) in [5, 5.41) is 13.5. The molecule has 1 aliphatic rings. The van der Waals surface area contributed by atoms with Crippen molar-refractivity contribution < 1.29 is 14.3 Å². The van der Waals surface area contributed by atoms with Crippen molar-refractivity contribution in [2.75, 3.05) is 17.7 Å². The minimum absolute atomic E-state index is 0.0969. The van der Waals surface area contributed by atoms with E-state index in [2.05, 4.69) is 27.1 Å². The fraction of sp³-hybridized carbons (Fsp3) is 0.292. The van der Waals surface area contributed by atoms with Crippen molar-refractivity contribution in [3.63, 3.8) is 0 Å². The number of allylic oxidation sites excluding steroid dienone is 1. The van der Waals surface area contributed by atoms with Gasteiger partial charge in [0, 0.05) is 16.8 Å². The number of thioether (sulfide) groups is 1. The van der Waals surface area contributed by atoms with Gasteiger partial charge in [-0.3, -0.25) is 4.79 Å². The molecule has 5 rings (SSSR count). The van der Waals surface area contributed by atoms with Gasteiger partial charge in [0.1, 0.15) is 10.5 Å². The zero-order valence-corrected chi connectivity index (χ0v) is 20.3. The Labute approximate surface area is 204 Å². The van der Waals surface area contributed by atoms with Gasteiger partial charge in [0.15, 0.2) is 5.65 Å². The molecule has 0 atom stereocenters. The molecule has 4 aromatic rings. The zero-order valence-electron chi connectivity index (χ0n) is 18.7. The summed E-state index contributed by atoms with van der Waals surface area (Å²) >= 11 is 2.67. The second kappa shape index (κ2) is 9.55. The van der Waals surface area contributed by atoms with Gasteiger partial charge < -0.3 is 14.6 Å². The average molecular weight is 494 g/mol. The Morgan fingerprint density at radius 2 is 2.15 bits per heavy atom. The fourth-order valence-corrected chi connectivity index (χ4v) is 6.14.